The molecule has 2 aromatic heterocycles. The van der Waals surface area contributed by atoms with Crippen molar-refractivity contribution in [3.8, 4) is 0 Å². The van der Waals surface area contributed by atoms with E-state index in [1.54, 1.807) is 19.2 Å². The van der Waals surface area contributed by atoms with Crippen molar-refractivity contribution in [1.29, 1.82) is 0 Å². The number of benzene rings is 1. The Morgan fingerprint density at radius 1 is 1.43 bits per heavy atom. The Balaban J connectivity index is 1.73. The molecule has 0 radical (unpaired) electrons. The van der Waals surface area contributed by atoms with Crippen LogP contribution in [-0.4, -0.2) is 53.1 Å². The summed E-state index contributed by atoms with van der Waals surface area (Å²) in [6.07, 6.45) is 4.99. The van der Waals surface area contributed by atoms with Gasteiger partial charge in [-0.2, -0.15) is 5.10 Å². The number of carbonyl (C=O) groups is 1. The number of hydrogen-bond donors (Lipinski definition) is 0. The molecular weight excluding hydrogens is 363 g/mol. The molecule has 0 N–H and O–H groups in total. The van der Waals surface area contributed by atoms with Gasteiger partial charge in [0.15, 0.2) is 0 Å². The number of esters is 1. The molecule has 1 fully saturated rings. The Kier molecular flexibility index (Phi) is 5.21. The summed E-state index contributed by atoms with van der Waals surface area (Å²) >= 11 is 0. The van der Waals surface area contributed by atoms with E-state index in [-0.39, 0.29) is 18.5 Å². The van der Waals surface area contributed by atoms with Gasteiger partial charge >= 0.3 is 5.97 Å². The monoisotopic (exact) mass is 384 g/mol. The van der Waals surface area contributed by atoms with Gasteiger partial charge < -0.3 is 14.4 Å². The second kappa shape index (κ2) is 7.93. The molecule has 0 spiro atoms. The molecule has 1 aromatic carbocycles. The fourth-order valence-corrected chi connectivity index (χ4v) is 3.50. The van der Waals surface area contributed by atoms with Crippen molar-refractivity contribution in [3.63, 3.8) is 0 Å². The highest BCUT2D eigenvalue weighted by Crippen LogP contribution is 2.32. The van der Waals surface area contributed by atoms with Crippen molar-refractivity contribution in [2.45, 2.75) is 19.6 Å². The zero-order valence-corrected chi connectivity index (χ0v) is 15.5. The standard InChI is InChI=1S/C20H21FN4O3/c1-2-27-20(26)17-11-22-18-5-4-14(21)10-16(18)19(17)24-8-9-28-15(12-24)13-25-7-3-6-23-25/h3-7,10-11,15H,2,8-9,12-13H2,1H3. The molecule has 3 aromatic rings. The van der Waals surface area contributed by atoms with E-state index in [1.165, 1.54) is 18.3 Å². The first-order chi connectivity index (χ1) is 13.7. The summed E-state index contributed by atoms with van der Waals surface area (Å²) in [4.78, 5) is 18.9. The second-order valence-corrected chi connectivity index (χ2v) is 6.57. The van der Waals surface area contributed by atoms with Gasteiger partial charge in [0, 0.05) is 37.1 Å². The third kappa shape index (κ3) is 3.68. The van der Waals surface area contributed by atoms with Crippen LogP contribution in [0.15, 0.2) is 42.9 Å². The molecule has 0 bridgehead atoms. The number of pyridine rings is 1. The summed E-state index contributed by atoms with van der Waals surface area (Å²) in [5, 5.41) is 4.81. The van der Waals surface area contributed by atoms with Crippen molar-refractivity contribution in [2.75, 3.05) is 31.2 Å². The molecule has 1 saturated heterocycles. The molecular formula is C20H21FN4O3. The first-order valence-electron chi connectivity index (χ1n) is 9.25. The molecule has 8 heteroatoms. The highest BCUT2D eigenvalue weighted by atomic mass is 19.1. The van der Waals surface area contributed by atoms with E-state index in [0.717, 1.165) is 0 Å². The molecule has 1 aliphatic heterocycles. The van der Waals surface area contributed by atoms with Gasteiger partial charge in [0.2, 0.25) is 0 Å². The average Bonchev–Trinajstić information content (AvgIpc) is 3.20. The number of morpholine rings is 1. The third-order valence-electron chi connectivity index (χ3n) is 4.70. The maximum atomic E-state index is 14.0. The molecule has 0 saturated carbocycles. The van der Waals surface area contributed by atoms with Crippen molar-refractivity contribution >= 4 is 22.6 Å². The lowest BCUT2D eigenvalue weighted by Crippen LogP contribution is -2.45. The molecule has 0 amide bonds. The molecule has 1 atom stereocenters. The van der Waals surface area contributed by atoms with E-state index in [4.69, 9.17) is 9.47 Å². The minimum Gasteiger partial charge on any atom is -0.462 e. The predicted molar refractivity (Wildman–Crippen MR) is 102 cm³/mol. The van der Waals surface area contributed by atoms with Crippen molar-refractivity contribution in [2.24, 2.45) is 0 Å². The zero-order chi connectivity index (χ0) is 19.5. The molecule has 7 nitrogen and oxygen atoms in total. The molecule has 3 heterocycles. The van der Waals surface area contributed by atoms with Crippen LogP contribution in [0.5, 0.6) is 0 Å². The molecule has 0 aliphatic carbocycles. The number of aromatic nitrogens is 3. The quantitative estimate of drug-likeness (QED) is 0.630. The first kappa shape index (κ1) is 18.4. The van der Waals surface area contributed by atoms with Gasteiger partial charge in [-0.1, -0.05) is 0 Å². The van der Waals surface area contributed by atoms with E-state index in [9.17, 15) is 9.18 Å². The van der Waals surface area contributed by atoms with Crippen LogP contribution in [-0.2, 0) is 16.0 Å². The lowest BCUT2D eigenvalue weighted by Gasteiger charge is -2.35. The van der Waals surface area contributed by atoms with Gasteiger partial charge in [-0.3, -0.25) is 9.67 Å². The van der Waals surface area contributed by atoms with Crippen LogP contribution in [0.3, 0.4) is 0 Å². The number of fused-ring (bicyclic) bond motifs is 1. The van der Waals surface area contributed by atoms with Crippen LogP contribution in [0.25, 0.3) is 10.9 Å². The van der Waals surface area contributed by atoms with Crippen LogP contribution in [0.4, 0.5) is 10.1 Å². The summed E-state index contributed by atoms with van der Waals surface area (Å²) < 4.78 is 26.9. The average molecular weight is 384 g/mol. The van der Waals surface area contributed by atoms with E-state index in [2.05, 4.69) is 10.1 Å². The largest absolute Gasteiger partial charge is 0.462 e. The third-order valence-corrected chi connectivity index (χ3v) is 4.70. The summed E-state index contributed by atoms with van der Waals surface area (Å²) in [6, 6.07) is 6.25. The Labute approximate surface area is 161 Å². The van der Waals surface area contributed by atoms with Gasteiger partial charge in [-0.05, 0) is 31.2 Å². The van der Waals surface area contributed by atoms with Crippen molar-refractivity contribution < 1.29 is 18.7 Å². The van der Waals surface area contributed by atoms with Crippen molar-refractivity contribution in [3.05, 3.63) is 54.2 Å². The highest BCUT2D eigenvalue weighted by Gasteiger charge is 2.27. The second-order valence-electron chi connectivity index (χ2n) is 6.57. The van der Waals surface area contributed by atoms with Crippen molar-refractivity contribution in [1.82, 2.24) is 14.8 Å². The van der Waals surface area contributed by atoms with Gasteiger partial charge in [-0.25, -0.2) is 9.18 Å². The number of carbonyl (C=O) groups excluding carboxylic acids is 1. The van der Waals surface area contributed by atoms with Crippen LogP contribution in [0.1, 0.15) is 17.3 Å². The van der Waals surface area contributed by atoms with Gasteiger partial charge in [0.25, 0.3) is 0 Å². The van der Waals surface area contributed by atoms with Crippen LogP contribution >= 0.6 is 0 Å². The number of nitrogens with zero attached hydrogens (tertiary/aromatic N) is 4. The Hall–Kier alpha value is -3.00. The summed E-state index contributed by atoms with van der Waals surface area (Å²) in [5.74, 6) is -0.843. The Morgan fingerprint density at radius 3 is 3.11 bits per heavy atom. The summed E-state index contributed by atoms with van der Waals surface area (Å²) in [7, 11) is 0. The molecule has 1 unspecified atom stereocenters. The maximum Gasteiger partial charge on any atom is 0.341 e. The molecule has 28 heavy (non-hydrogen) atoms. The number of hydrogen-bond acceptors (Lipinski definition) is 6. The van der Waals surface area contributed by atoms with E-state index >= 15 is 0 Å². The van der Waals surface area contributed by atoms with E-state index in [0.29, 0.717) is 48.4 Å². The summed E-state index contributed by atoms with van der Waals surface area (Å²) in [5.41, 5.74) is 1.59. The normalized spacial score (nSPS) is 17.1. The molecule has 146 valence electrons. The number of rotatable bonds is 5. The lowest BCUT2D eigenvalue weighted by molar-refractivity contribution is 0.0272. The number of anilines is 1. The first-order valence-corrected chi connectivity index (χ1v) is 9.25. The van der Waals surface area contributed by atoms with Gasteiger partial charge in [-0.15, -0.1) is 0 Å². The maximum absolute atomic E-state index is 14.0. The lowest BCUT2D eigenvalue weighted by atomic mass is 10.1. The zero-order valence-electron chi connectivity index (χ0n) is 15.5. The Morgan fingerprint density at radius 2 is 2.32 bits per heavy atom. The smallest absolute Gasteiger partial charge is 0.341 e. The van der Waals surface area contributed by atoms with Gasteiger partial charge in [0.1, 0.15) is 11.4 Å². The Bertz CT molecular complexity index is 977. The highest BCUT2D eigenvalue weighted by molar-refractivity contribution is 6.05. The SMILES string of the molecule is CCOC(=O)c1cnc2ccc(F)cc2c1N1CCOC(Cn2cccn2)C1. The number of ether oxygens (including phenoxy) is 2. The van der Waals surface area contributed by atoms with Crippen LogP contribution in [0.2, 0.25) is 0 Å². The topological polar surface area (TPSA) is 69.5 Å². The minimum atomic E-state index is -0.466. The van der Waals surface area contributed by atoms with Crippen LogP contribution in [0, 0.1) is 5.82 Å². The summed E-state index contributed by atoms with van der Waals surface area (Å²) in [6.45, 7) is 4.22. The predicted octanol–water partition coefficient (Wildman–Crippen LogP) is 2.65. The molecule has 1 aliphatic rings. The fraction of sp³-hybridized carbons (Fsp3) is 0.350. The van der Waals surface area contributed by atoms with E-state index in [1.807, 2.05) is 21.8 Å². The van der Waals surface area contributed by atoms with E-state index < -0.39 is 5.97 Å². The minimum absolute atomic E-state index is 0.111. The van der Waals surface area contributed by atoms with Crippen LogP contribution < -0.4 is 4.90 Å². The van der Waals surface area contributed by atoms with Gasteiger partial charge in [0.05, 0.1) is 37.1 Å². The fourth-order valence-electron chi connectivity index (χ4n) is 3.50. The number of halogens is 1. The molecule has 4 rings (SSSR count).